The van der Waals surface area contributed by atoms with Crippen LogP contribution in [0.15, 0.2) is 23.5 Å². The molecule has 30 heavy (non-hydrogen) atoms. The number of nitrogens with zero attached hydrogens (tertiary/aromatic N) is 1. The second-order valence-electron chi connectivity index (χ2n) is 8.21. The van der Waals surface area contributed by atoms with Gasteiger partial charge in [-0.1, -0.05) is 0 Å². The molecule has 158 valence electrons. The van der Waals surface area contributed by atoms with Gasteiger partial charge in [-0.05, 0) is 41.7 Å². The maximum Gasteiger partial charge on any atom is 0.386 e. The third-order valence-electron chi connectivity index (χ3n) is 6.73. The molecule has 0 bridgehead atoms. The quantitative estimate of drug-likeness (QED) is 0.686. The zero-order chi connectivity index (χ0) is 20.6. The molecule has 0 amide bonds. The zero-order valence-corrected chi connectivity index (χ0v) is 16.3. The van der Waals surface area contributed by atoms with E-state index in [4.69, 9.17) is 18.9 Å². The van der Waals surface area contributed by atoms with E-state index in [2.05, 4.69) is 9.64 Å². The Morgan fingerprint density at radius 3 is 2.70 bits per heavy atom. The number of alkyl halides is 1. The second kappa shape index (κ2) is 6.10. The Bertz CT molecular complexity index is 997. The van der Waals surface area contributed by atoms with Crippen LogP contribution >= 0.6 is 0 Å². The minimum Gasteiger partial charge on any atom is -0.497 e. The summed E-state index contributed by atoms with van der Waals surface area (Å²) >= 11 is 0. The van der Waals surface area contributed by atoms with Crippen molar-refractivity contribution in [1.29, 1.82) is 0 Å². The lowest BCUT2D eigenvalue weighted by molar-refractivity contribution is -0.240. The Morgan fingerprint density at radius 2 is 1.97 bits per heavy atom. The van der Waals surface area contributed by atoms with E-state index in [0.29, 0.717) is 17.3 Å². The Morgan fingerprint density at radius 1 is 1.23 bits per heavy atom. The number of rotatable bonds is 3. The fourth-order valence-electron chi connectivity index (χ4n) is 5.42. The SMILES string of the molecule is COC1=C2CCN3CCc4cc5c(cc4[C@H]([C@@H]1OC(=O)[C@@]1(F)CC(=O)O1)[C@H]23)OCO5. The molecule has 4 heterocycles. The van der Waals surface area contributed by atoms with E-state index in [0.717, 1.165) is 42.6 Å². The fourth-order valence-corrected chi connectivity index (χ4v) is 5.42. The molecule has 0 saturated carbocycles. The molecule has 8 nitrogen and oxygen atoms in total. The predicted octanol–water partition coefficient (Wildman–Crippen LogP) is 1.57. The Labute approximate surface area is 171 Å². The summed E-state index contributed by atoms with van der Waals surface area (Å²) in [6, 6.07) is 3.92. The maximum atomic E-state index is 14.6. The van der Waals surface area contributed by atoms with Gasteiger partial charge >= 0.3 is 17.8 Å². The van der Waals surface area contributed by atoms with Crippen molar-refractivity contribution < 1.29 is 37.7 Å². The number of ether oxygens (including phenoxy) is 5. The van der Waals surface area contributed by atoms with Gasteiger partial charge < -0.3 is 23.7 Å². The summed E-state index contributed by atoms with van der Waals surface area (Å²) in [5.41, 5.74) is 3.14. The van der Waals surface area contributed by atoms with Crippen molar-refractivity contribution in [2.45, 2.75) is 43.2 Å². The van der Waals surface area contributed by atoms with Crippen LogP contribution in [-0.4, -0.2) is 61.8 Å². The number of methoxy groups -OCH3 is 1. The molecule has 0 radical (unpaired) electrons. The lowest BCUT2D eigenvalue weighted by Crippen LogP contribution is -2.52. The first-order chi connectivity index (χ1) is 14.5. The van der Waals surface area contributed by atoms with Crippen LogP contribution in [-0.2, 0) is 30.2 Å². The fraction of sp³-hybridized carbons (Fsp3) is 0.524. The van der Waals surface area contributed by atoms with Crippen molar-refractivity contribution in [2.75, 3.05) is 27.0 Å². The van der Waals surface area contributed by atoms with Crippen molar-refractivity contribution in [2.24, 2.45) is 0 Å². The third kappa shape index (κ3) is 2.35. The van der Waals surface area contributed by atoms with Crippen molar-refractivity contribution in [3.8, 4) is 11.5 Å². The number of halogens is 1. The molecular formula is C21H20FNO7. The van der Waals surface area contributed by atoms with Crippen molar-refractivity contribution >= 4 is 11.9 Å². The van der Waals surface area contributed by atoms with E-state index in [1.807, 2.05) is 12.1 Å². The summed E-state index contributed by atoms with van der Waals surface area (Å²) in [4.78, 5) is 26.0. The summed E-state index contributed by atoms with van der Waals surface area (Å²) in [6.07, 6.45) is 0.176. The highest BCUT2D eigenvalue weighted by Crippen LogP contribution is 2.52. The first-order valence-corrected chi connectivity index (χ1v) is 10.0. The van der Waals surface area contributed by atoms with Crippen molar-refractivity contribution in [3.63, 3.8) is 0 Å². The van der Waals surface area contributed by atoms with Gasteiger partial charge in [-0.15, -0.1) is 0 Å². The smallest absolute Gasteiger partial charge is 0.386 e. The van der Waals surface area contributed by atoms with E-state index in [1.165, 1.54) is 7.11 Å². The van der Waals surface area contributed by atoms with Crippen LogP contribution in [0.5, 0.6) is 11.5 Å². The van der Waals surface area contributed by atoms with Crippen LogP contribution in [0.3, 0.4) is 0 Å². The Hall–Kier alpha value is -2.81. The first kappa shape index (κ1) is 18.0. The molecule has 0 spiro atoms. The van der Waals surface area contributed by atoms with E-state index in [1.54, 1.807) is 0 Å². The average molecular weight is 417 g/mol. The lowest BCUT2D eigenvalue weighted by Gasteiger charge is -2.34. The molecule has 4 atom stereocenters. The number of esters is 2. The summed E-state index contributed by atoms with van der Waals surface area (Å²) < 4.78 is 41.5. The third-order valence-corrected chi connectivity index (χ3v) is 6.73. The van der Waals surface area contributed by atoms with E-state index in [9.17, 15) is 14.0 Å². The molecule has 0 N–H and O–H groups in total. The van der Waals surface area contributed by atoms with Crippen LogP contribution in [0.2, 0.25) is 0 Å². The van der Waals surface area contributed by atoms with Gasteiger partial charge in [0.05, 0.1) is 7.11 Å². The minimum absolute atomic E-state index is 0.00104. The normalized spacial score (nSPS) is 33.4. The van der Waals surface area contributed by atoms with E-state index < -0.39 is 30.3 Å². The topological polar surface area (TPSA) is 83.5 Å². The largest absolute Gasteiger partial charge is 0.497 e. The minimum atomic E-state index is -2.72. The molecule has 2 saturated heterocycles. The molecule has 1 aromatic rings. The van der Waals surface area contributed by atoms with Gasteiger partial charge in [0.1, 0.15) is 12.2 Å². The molecule has 1 aromatic carbocycles. The zero-order valence-electron chi connectivity index (χ0n) is 16.3. The number of benzene rings is 1. The first-order valence-electron chi connectivity index (χ1n) is 10.0. The molecule has 0 aromatic heterocycles. The lowest BCUT2D eigenvalue weighted by atomic mass is 9.86. The monoisotopic (exact) mass is 417 g/mol. The second-order valence-corrected chi connectivity index (χ2v) is 8.21. The predicted molar refractivity (Wildman–Crippen MR) is 97.5 cm³/mol. The average Bonchev–Trinajstić information content (AvgIpc) is 3.36. The van der Waals surface area contributed by atoms with Gasteiger partial charge in [-0.2, -0.15) is 4.39 Å². The van der Waals surface area contributed by atoms with Gasteiger partial charge in [0.15, 0.2) is 17.6 Å². The molecule has 1 aliphatic carbocycles. The highest BCUT2D eigenvalue weighted by molar-refractivity contribution is 5.92. The number of hydrogen-bond acceptors (Lipinski definition) is 8. The number of hydrogen-bond donors (Lipinski definition) is 0. The Kier molecular flexibility index (Phi) is 3.66. The van der Waals surface area contributed by atoms with Crippen LogP contribution in [0.4, 0.5) is 4.39 Å². The molecule has 6 rings (SSSR count). The molecule has 9 heteroatoms. The Balaban J connectivity index is 1.43. The number of fused-ring (bicyclic) bond motifs is 3. The van der Waals surface area contributed by atoms with Crippen LogP contribution < -0.4 is 9.47 Å². The summed E-state index contributed by atoms with van der Waals surface area (Å²) in [7, 11) is 1.53. The van der Waals surface area contributed by atoms with Gasteiger partial charge in [0.2, 0.25) is 6.79 Å². The summed E-state index contributed by atoms with van der Waals surface area (Å²) in [5, 5.41) is 0. The molecular weight excluding hydrogens is 397 g/mol. The number of carbonyl (C=O) groups is 2. The summed E-state index contributed by atoms with van der Waals surface area (Å²) in [6.45, 7) is 1.90. The van der Waals surface area contributed by atoms with E-state index in [-0.39, 0.29) is 18.8 Å². The molecule has 2 fully saturated rings. The highest BCUT2D eigenvalue weighted by Gasteiger charge is 2.59. The standard InChI is InChI=1S/C21H20FNO7/c1-26-18-11-3-5-23-4-2-10-6-13-14(28-9-27-13)7-12(10)16(17(11)23)19(18)29-20(25)21(22)8-15(24)30-21/h6-7,16-17,19H,2-5,8-9H2,1H3/t16-,17-,19-,21+/m0/s1. The summed E-state index contributed by atoms with van der Waals surface area (Å²) in [5.74, 6) is -3.05. The molecule has 4 aliphatic heterocycles. The molecule has 0 unspecified atom stereocenters. The number of carbonyl (C=O) groups excluding carboxylic acids is 2. The van der Waals surface area contributed by atoms with Gasteiger partial charge in [0, 0.05) is 25.0 Å². The van der Waals surface area contributed by atoms with Gasteiger partial charge in [-0.3, -0.25) is 9.69 Å². The maximum absolute atomic E-state index is 14.6. The van der Waals surface area contributed by atoms with Crippen molar-refractivity contribution in [3.05, 3.63) is 34.6 Å². The van der Waals surface area contributed by atoms with Gasteiger partial charge in [-0.25, -0.2) is 4.79 Å². The number of cyclic esters (lactones) is 1. The van der Waals surface area contributed by atoms with Crippen LogP contribution in [0, 0.1) is 0 Å². The van der Waals surface area contributed by atoms with E-state index >= 15 is 0 Å². The van der Waals surface area contributed by atoms with Gasteiger partial charge in [0.25, 0.3) is 0 Å². The van der Waals surface area contributed by atoms with Crippen molar-refractivity contribution in [1.82, 2.24) is 4.90 Å². The molecule has 5 aliphatic rings. The highest BCUT2D eigenvalue weighted by atomic mass is 19.2. The van der Waals surface area contributed by atoms with Crippen LogP contribution in [0.1, 0.15) is 29.9 Å². The van der Waals surface area contributed by atoms with Crippen LogP contribution in [0.25, 0.3) is 0 Å².